The number of halogens is 2. The second-order valence-corrected chi connectivity index (χ2v) is 8.40. The second kappa shape index (κ2) is 7.83. The minimum absolute atomic E-state index is 0.101. The van der Waals surface area contributed by atoms with Crippen LogP contribution in [0, 0.1) is 5.82 Å². The van der Waals surface area contributed by atoms with Gasteiger partial charge in [-0.1, -0.05) is 23.7 Å². The lowest BCUT2D eigenvalue weighted by molar-refractivity contribution is 0.00811. The van der Waals surface area contributed by atoms with Gasteiger partial charge in [0.05, 0.1) is 17.6 Å². The number of benzene rings is 2. The van der Waals surface area contributed by atoms with E-state index in [1.54, 1.807) is 6.07 Å². The first kappa shape index (κ1) is 18.3. The van der Waals surface area contributed by atoms with E-state index in [0.29, 0.717) is 24.7 Å². The van der Waals surface area contributed by atoms with Crippen molar-refractivity contribution in [1.82, 2.24) is 4.31 Å². The van der Waals surface area contributed by atoms with E-state index in [1.807, 2.05) is 18.2 Å². The third-order valence-corrected chi connectivity index (χ3v) is 6.28. The van der Waals surface area contributed by atoms with Crippen LogP contribution in [0.4, 0.5) is 4.39 Å². The van der Waals surface area contributed by atoms with E-state index in [1.165, 1.54) is 16.4 Å². The number of ether oxygens (including phenoxy) is 1. The summed E-state index contributed by atoms with van der Waals surface area (Å²) in [5.74, 6) is -0.458. The predicted octanol–water partition coefficient (Wildman–Crippen LogP) is 3.85. The van der Waals surface area contributed by atoms with E-state index in [-0.39, 0.29) is 11.0 Å². The zero-order valence-electron chi connectivity index (χ0n) is 13.6. The van der Waals surface area contributed by atoms with Crippen molar-refractivity contribution >= 4 is 21.6 Å². The van der Waals surface area contributed by atoms with Crippen LogP contribution in [0.15, 0.2) is 53.4 Å². The molecule has 4 nitrogen and oxygen atoms in total. The predicted molar refractivity (Wildman–Crippen MR) is 94.4 cm³/mol. The largest absolute Gasteiger partial charge is 0.372 e. The van der Waals surface area contributed by atoms with Crippen molar-refractivity contribution in [2.24, 2.45) is 0 Å². The standard InChI is InChI=1S/C18H19ClFNO3S/c19-15-4-1-3-14(11-15)13-24-17-5-2-10-21(12-17)25(22,23)18-8-6-16(20)7-9-18/h1,3-4,6-9,11,17H,2,5,10,12-13H2. The highest BCUT2D eigenvalue weighted by Gasteiger charge is 2.30. The van der Waals surface area contributed by atoms with Crippen molar-refractivity contribution in [2.45, 2.75) is 30.4 Å². The number of hydrogen-bond acceptors (Lipinski definition) is 3. The third kappa shape index (κ3) is 4.58. The van der Waals surface area contributed by atoms with Gasteiger partial charge in [-0.3, -0.25) is 0 Å². The van der Waals surface area contributed by atoms with Crippen LogP contribution in [0.25, 0.3) is 0 Å². The smallest absolute Gasteiger partial charge is 0.243 e. The van der Waals surface area contributed by atoms with Gasteiger partial charge in [-0.15, -0.1) is 0 Å². The molecule has 1 atom stereocenters. The maximum atomic E-state index is 13.0. The molecule has 3 rings (SSSR count). The van der Waals surface area contributed by atoms with E-state index in [0.717, 1.165) is 30.5 Å². The van der Waals surface area contributed by atoms with Gasteiger partial charge >= 0.3 is 0 Å². The summed E-state index contributed by atoms with van der Waals surface area (Å²) in [5.41, 5.74) is 0.950. The van der Waals surface area contributed by atoms with Gasteiger partial charge in [-0.05, 0) is 54.8 Å². The molecule has 0 bridgehead atoms. The summed E-state index contributed by atoms with van der Waals surface area (Å²) in [7, 11) is -3.64. The summed E-state index contributed by atoms with van der Waals surface area (Å²) in [5, 5.41) is 0.644. The first-order valence-corrected chi connectivity index (χ1v) is 9.89. The highest BCUT2D eigenvalue weighted by Crippen LogP contribution is 2.23. The third-order valence-electron chi connectivity index (χ3n) is 4.17. The Morgan fingerprint density at radius 1 is 1.20 bits per heavy atom. The molecule has 0 saturated carbocycles. The van der Waals surface area contributed by atoms with Crippen molar-refractivity contribution in [3.8, 4) is 0 Å². The van der Waals surface area contributed by atoms with Gasteiger partial charge in [0, 0.05) is 18.1 Å². The zero-order chi connectivity index (χ0) is 17.9. The molecule has 0 radical (unpaired) electrons. The van der Waals surface area contributed by atoms with Crippen LogP contribution in [0.3, 0.4) is 0 Å². The normalized spacial score (nSPS) is 19.0. The number of nitrogens with zero attached hydrogens (tertiary/aromatic N) is 1. The Hall–Kier alpha value is -1.47. The summed E-state index contributed by atoms with van der Waals surface area (Å²) in [6.45, 7) is 1.12. The average Bonchev–Trinajstić information content (AvgIpc) is 2.61. The Bertz CT molecular complexity index is 826. The van der Waals surface area contributed by atoms with Gasteiger partial charge in [-0.25, -0.2) is 12.8 Å². The van der Waals surface area contributed by atoms with Crippen molar-refractivity contribution < 1.29 is 17.5 Å². The lowest BCUT2D eigenvalue weighted by Crippen LogP contribution is -2.43. The lowest BCUT2D eigenvalue weighted by Gasteiger charge is -2.32. The molecule has 0 aliphatic carbocycles. The molecule has 134 valence electrons. The van der Waals surface area contributed by atoms with Gasteiger partial charge in [0.2, 0.25) is 10.0 Å². The summed E-state index contributed by atoms with van der Waals surface area (Å²) in [6, 6.07) is 12.3. The Morgan fingerprint density at radius 2 is 1.96 bits per heavy atom. The molecule has 1 aliphatic rings. The first-order chi connectivity index (χ1) is 11.9. The van der Waals surface area contributed by atoms with E-state index < -0.39 is 15.8 Å². The SMILES string of the molecule is O=S(=O)(c1ccc(F)cc1)N1CCCC(OCc2cccc(Cl)c2)C1. The number of sulfonamides is 1. The Morgan fingerprint density at radius 3 is 2.68 bits per heavy atom. The quantitative estimate of drug-likeness (QED) is 0.787. The van der Waals surface area contributed by atoms with Crippen LogP contribution in [-0.2, 0) is 21.4 Å². The van der Waals surface area contributed by atoms with E-state index >= 15 is 0 Å². The van der Waals surface area contributed by atoms with Gasteiger partial charge in [0.25, 0.3) is 0 Å². The van der Waals surface area contributed by atoms with Crippen molar-refractivity contribution in [2.75, 3.05) is 13.1 Å². The zero-order valence-corrected chi connectivity index (χ0v) is 15.1. The summed E-state index contributed by atoms with van der Waals surface area (Å²) < 4.78 is 45.7. The molecule has 0 N–H and O–H groups in total. The van der Waals surface area contributed by atoms with Crippen LogP contribution in [0.5, 0.6) is 0 Å². The topological polar surface area (TPSA) is 46.6 Å². The fourth-order valence-corrected chi connectivity index (χ4v) is 4.58. The van der Waals surface area contributed by atoms with Crippen molar-refractivity contribution in [1.29, 1.82) is 0 Å². The molecule has 7 heteroatoms. The Kier molecular flexibility index (Phi) is 5.74. The minimum Gasteiger partial charge on any atom is -0.372 e. The van der Waals surface area contributed by atoms with E-state index in [2.05, 4.69) is 0 Å². The van der Waals surface area contributed by atoms with Crippen LogP contribution in [-0.4, -0.2) is 31.9 Å². The summed E-state index contributed by atoms with van der Waals surface area (Å²) in [4.78, 5) is 0.101. The summed E-state index contributed by atoms with van der Waals surface area (Å²) >= 11 is 5.96. The maximum absolute atomic E-state index is 13.0. The first-order valence-electron chi connectivity index (χ1n) is 8.07. The highest BCUT2D eigenvalue weighted by atomic mass is 35.5. The molecular formula is C18H19ClFNO3S. The molecule has 1 aliphatic heterocycles. The van der Waals surface area contributed by atoms with Gasteiger partial charge < -0.3 is 4.74 Å². The van der Waals surface area contributed by atoms with Crippen molar-refractivity contribution in [3.63, 3.8) is 0 Å². The average molecular weight is 384 g/mol. The molecule has 0 amide bonds. The Labute approximate surface area is 152 Å². The van der Waals surface area contributed by atoms with E-state index in [4.69, 9.17) is 16.3 Å². The molecule has 2 aromatic carbocycles. The molecule has 25 heavy (non-hydrogen) atoms. The highest BCUT2D eigenvalue weighted by molar-refractivity contribution is 7.89. The van der Waals surface area contributed by atoms with Crippen molar-refractivity contribution in [3.05, 3.63) is 64.9 Å². The molecule has 1 saturated heterocycles. The van der Waals surface area contributed by atoms with Gasteiger partial charge in [0.15, 0.2) is 0 Å². The molecule has 2 aromatic rings. The molecular weight excluding hydrogens is 365 g/mol. The number of piperidine rings is 1. The fourth-order valence-electron chi connectivity index (χ4n) is 2.86. The van der Waals surface area contributed by atoms with Gasteiger partial charge in [0.1, 0.15) is 5.82 Å². The van der Waals surface area contributed by atoms with E-state index in [9.17, 15) is 12.8 Å². The molecule has 0 aromatic heterocycles. The van der Waals surface area contributed by atoms with Crippen LogP contribution in [0.1, 0.15) is 18.4 Å². The Balaban J connectivity index is 1.65. The maximum Gasteiger partial charge on any atom is 0.243 e. The monoisotopic (exact) mass is 383 g/mol. The minimum atomic E-state index is -3.64. The van der Waals surface area contributed by atoms with Crippen LogP contribution in [0.2, 0.25) is 5.02 Å². The number of hydrogen-bond donors (Lipinski definition) is 0. The second-order valence-electron chi connectivity index (χ2n) is 6.02. The molecule has 0 spiro atoms. The molecule has 1 fully saturated rings. The molecule has 1 heterocycles. The summed E-state index contributed by atoms with van der Waals surface area (Å²) in [6.07, 6.45) is 1.35. The van der Waals surface area contributed by atoms with Gasteiger partial charge in [-0.2, -0.15) is 4.31 Å². The van der Waals surface area contributed by atoms with Crippen LogP contribution >= 0.6 is 11.6 Å². The molecule has 1 unspecified atom stereocenters. The number of rotatable bonds is 5. The van der Waals surface area contributed by atoms with Crippen LogP contribution < -0.4 is 0 Å². The lowest BCUT2D eigenvalue weighted by atomic mass is 10.1. The fraction of sp³-hybridized carbons (Fsp3) is 0.333.